The normalized spacial score (nSPS) is 18.8. The molecule has 1 fully saturated rings. The van der Waals surface area contributed by atoms with E-state index in [0.29, 0.717) is 34.0 Å². The minimum Gasteiger partial charge on any atom is -0.497 e. The van der Waals surface area contributed by atoms with Crippen molar-refractivity contribution in [3.63, 3.8) is 0 Å². The Morgan fingerprint density at radius 2 is 1.88 bits per heavy atom. The molecule has 2 heterocycles. The molecule has 0 bridgehead atoms. The van der Waals surface area contributed by atoms with Crippen LogP contribution in [0, 0.1) is 0 Å². The van der Waals surface area contributed by atoms with Gasteiger partial charge in [-0.25, -0.2) is 0 Å². The molecule has 1 aromatic heterocycles. The number of rotatable bonds is 6. The van der Waals surface area contributed by atoms with Crippen LogP contribution in [-0.4, -0.2) is 57.6 Å². The van der Waals surface area contributed by atoms with Gasteiger partial charge in [-0.1, -0.05) is 0 Å². The Kier molecular flexibility index (Phi) is 6.46. The average molecular weight is 504 g/mol. The monoisotopic (exact) mass is 503 g/mol. The molecule has 0 radical (unpaired) electrons. The third-order valence-electron chi connectivity index (χ3n) is 6.23. The number of likely N-dealkylation sites (tertiary alicyclic amines) is 1. The molecule has 1 aliphatic rings. The van der Waals surface area contributed by atoms with E-state index in [0.717, 1.165) is 28.6 Å². The van der Waals surface area contributed by atoms with Crippen molar-refractivity contribution >= 4 is 26.9 Å². The van der Waals surface area contributed by atoms with Gasteiger partial charge in [0.1, 0.15) is 34.0 Å². The van der Waals surface area contributed by atoms with E-state index in [-0.39, 0.29) is 24.0 Å². The van der Waals surface area contributed by atoms with Crippen LogP contribution in [0.1, 0.15) is 17.9 Å². The Bertz CT molecular complexity index is 1210. The van der Waals surface area contributed by atoms with Gasteiger partial charge in [-0.2, -0.15) is 0 Å². The molecule has 0 unspecified atom stereocenters. The van der Waals surface area contributed by atoms with Crippen LogP contribution < -0.4 is 19.6 Å². The first-order chi connectivity index (χ1) is 15.4. The molecule has 1 saturated heterocycles. The van der Waals surface area contributed by atoms with Crippen molar-refractivity contribution in [1.82, 2.24) is 4.90 Å². The van der Waals surface area contributed by atoms with Crippen LogP contribution >= 0.6 is 15.9 Å². The van der Waals surface area contributed by atoms with E-state index in [9.17, 15) is 9.90 Å². The number of fused-ring (bicyclic) bond motifs is 1. The van der Waals surface area contributed by atoms with E-state index in [4.69, 9.17) is 18.6 Å². The van der Waals surface area contributed by atoms with Gasteiger partial charge in [0.25, 0.3) is 0 Å². The summed E-state index contributed by atoms with van der Waals surface area (Å²) in [5.74, 6) is 2.00. The molecule has 3 aromatic rings. The van der Waals surface area contributed by atoms with Crippen LogP contribution in [0.3, 0.4) is 0 Å². The van der Waals surface area contributed by atoms with Crippen LogP contribution in [0.5, 0.6) is 17.2 Å². The number of likely N-dealkylation sites (N-methyl/N-ethyl adjacent to an activating group) is 1. The average Bonchev–Trinajstić information content (AvgIpc) is 3.17. The maximum atomic E-state index is 13.3. The van der Waals surface area contributed by atoms with Gasteiger partial charge in [-0.3, -0.25) is 4.79 Å². The first-order valence-electron chi connectivity index (χ1n) is 10.3. The van der Waals surface area contributed by atoms with Gasteiger partial charge in [-0.15, -0.1) is 0 Å². The molecule has 0 amide bonds. The standard InChI is InChI=1S/C24H26BrNO6/c1-26-8-7-15(17(26)12-27)22-20(30-3)11-21(31-4)23-18(28)10-19(32-24(22)23)14-6-5-13(29-2)9-16(14)25/h5-6,9-11,15,17,27H,7-8,12H2,1-4H3/t15-,17+/m0/s1. The minimum absolute atomic E-state index is 0.00814. The molecule has 4 rings (SSSR count). The summed E-state index contributed by atoms with van der Waals surface area (Å²) >= 11 is 3.55. The lowest BCUT2D eigenvalue weighted by Crippen LogP contribution is -2.32. The van der Waals surface area contributed by atoms with Crippen molar-refractivity contribution in [2.45, 2.75) is 18.4 Å². The van der Waals surface area contributed by atoms with Crippen LogP contribution in [0.4, 0.5) is 0 Å². The fraction of sp³-hybridized carbons (Fsp3) is 0.375. The summed E-state index contributed by atoms with van der Waals surface area (Å²) < 4.78 is 23.7. The molecule has 170 valence electrons. The summed E-state index contributed by atoms with van der Waals surface area (Å²) in [6, 6.07) is 8.56. The van der Waals surface area contributed by atoms with E-state index < -0.39 is 0 Å². The summed E-state index contributed by atoms with van der Waals surface area (Å²) in [6.07, 6.45) is 0.805. The second kappa shape index (κ2) is 9.13. The Labute approximate surface area is 194 Å². The lowest BCUT2D eigenvalue weighted by molar-refractivity contribution is 0.171. The Morgan fingerprint density at radius 1 is 1.12 bits per heavy atom. The fourth-order valence-electron chi connectivity index (χ4n) is 4.55. The predicted octanol–water partition coefficient (Wildman–Crippen LogP) is 4.03. The zero-order chi connectivity index (χ0) is 23.0. The number of nitrogens with zero attached hydrogens (tertiary/aromatic N) is 1. The number of halogens is 1. The molecule has 8 heteroatoms. The number of methoxy groups -OCH3 is 3. The quantitative estimate of drug-likeness (QED) is 0.543. The second-order valence-corrected chi connectivity index (χ2v) is 8.70. The van der Waals surface area contributed by atoms with Crippen LogP contribution in [-0.2, 0) is 0 Å². The van der Waals surface area contributed by atoms with Crippen molar-refractivity contribution in [2.75, 3.05) is 41.5 Å². The number of ether oxygens (including phenoxy) is 3. The third-order valence-corrected chi connectivity index (χ3v) is 6.89. The summed E-state index contributed by atoms with van der Waals surface area (Å²) in [5.41, 5.74) is 1.71. The molecule has 1 aliphatic heterocycles. The van der Waals surface area contributed by atoms with Crippen LogP contribution in [0.25, 0.3) is 22.3 Å². The minimum atomic E-state index is -0.211. The van der Waals surface area contributed by atoms with Crippen molar-refractivity contribution in [3.05, 3.63) is 50.6 Å². The lowest BCUT2D eigenvalue weighted by atomic mass is 9.89. The number of benzene rings is 2. The summed E-state index contributed by atoms with van der Waals surface area (Å²) in [6.45, 7) is 0.812. The zero-order valence-corrected chi connectivity index (χ0v) is 20.1. The van der Waals surface area contributed by atoms with Gasteiger partial charge < -0.3 is 28.6 Å². The van der Waals surface area contributed by atoms with Gasteiger partial charge in [0, 0.05) is 39.7 Å². The maximum absolute atomic E-state index is 13.3. The fourth-order valence-corrected chi connectivity index (χ4v) is 5.10. The van der Waals surface area contributed by atoms with Crippen molar-refractivity contribution < 1.29 is 23.7 Å². The molecule has 2 atom stereocenters. The van der Waals surface area contributed by atoms with Gasteiger partial charge in [0.05, 0.1) is 27.9 Å². The number of hydrogen-bond acceptors (Lipinski definition) is 7. The van der Waals surface area contributed by atoms with Gasteiger partial charge >= 0.3 is 0 Å². The zero-order valence-electron chi connectivity index (χ0n) is 18.5. The van der Waals surface area contributed by atoms with E-state index in [1.165, 1.54) is 13.2 Å². The smallest absolute Gasteiger partial charge is 0.197 e. The largest absolute Gasteiger partial charge is 0.497 e. The Morgan fingerprint density at radius 3 is 2.50 bits per heavy atom. The van der Waals surface area contributed by atoms with Gasteiger partial charge in [-0.05, 0) is 54.1 Å². The molecule has 0 saturated carbocycles. The first-order valence-corrected chi connectivity index (χ1v) is 11.1. The number of aliphatic hydroxyl groups is 1. The maximum Gasteiger partial charge on any atom is 0.197 e. The topological polar surface area (TPSA) is 81.4 Å². The highest BCUT2D eigenvalue weighted by Gasteiger charge is 2.37. The van der Waals surface area contributed by atoms with Crippen molar-refractivity contribution in [1.29, 1.82) is 0 Å². The highest BCUT2D eigenvalue weighted by atomic mass is 79.9. The highest BCUT2D eigenvalue weighted by Crippen LogP contribution is 2.45. The highest BCUT2D eigenvalue weighted by molar-refractivity contribution is 9.10. The van der Waals surface area contributed by atoms with Crippen LogP contribution in [0.2, 0.25) is 0 Å². The van der Waals surface area contributed by atoms with Crippen LogP contribution in [0.15, 0.2) is 44.0 Å². The molecule has 32 heavy (non-hydrogen) atoms. The molecular formula is C24H26BrNO6. The molecule has 0 aliphatic carbocycles. The number of hydrogen-bond donors (Lipinski definition) is 1. The second-order valence-electron chi connectivity index (χ2n) is 7.85. The molecule has 2 aromatic carbocycles. The van der Waals surface area contributed by atoms with Gasteiger partial charge in [0.15, 0.2) is 5.43 Å². The summed E-state index contributed by atoms with van der Waals surface area (Å²) in [5, 5.41) is 10.4. The Balaban J connectivity index is 2.03. The van der Waals surface area contributed by atoms with E-state index in [2.05, 4.69) is 20.8 Å². The van der Waals surface area contributed by atoms with E-state index >= 15 is 0 Å². The molecule has 0 spiro atoms. The Hall–Kier alpha value is -2.55. The SMILES string of the molecule is COc1ccc(-c2cc(=O)c3c(OC)cc(OC)c([C@H]4CCN(C)[C@@H]4CO)c3o2)c(Br)c1. The first kappa shape index (κ1) is 22.6. The molecule has 1 N–H and O–H groups in total. The van der Waals surface area contributed by atoms with E-state index in [1.54, 1.807) is 20.3 Å². The predicted molar refractivity (Wildman–Crippen MR) is 126 cm³/mol. The third kappa shape index (κ3) is 3.76. The van der Waals surface area contributed by atoms with Crippen molar-refractivity contribution in [3.8, 4) is 28.6 Å². The number of aliphatic hydroxyl groups excluding tert-OH is 1. The molecular weight excluding hydrogens is 478 g/mol. The lowest BCUT2D eigenvalue weighted by Gasteiger charge is -2.25. The molecule has 7 nitrogen and oxygen atoms in total. The van der Waals surface area contributed by atoms with Gasteiger partial charge in [0.2, 0.25) is 0 Å². The summed E-state index contributed by atoms with van der Waals surface area (Å²) in [4.78, 5) is 15.4. The van der Waals surface area contributed by atoms with E-state index in [1.807, 2.05) is 25.2 Å². The summed E-state index contributed by atoms with van der Waals surface area (Å²) in [7, 11) is 6.67. The van der Waals surface area contributed by atoms with Crippen molar-refractivity contribution in [2.24, 2.45) is 0 Å².